The molecule has 1 saturated heterocycles. The summed E-state index contributed by atoms with van der Waals surface area (Å²) in [6, 6.07) is 15.9. The standard InChI is InChI=1S/C27H28N4O3S/c1-18-17-35-24(29-18)16-30-12-10-27-21-8-2-3-9-22(21)31(26(27)33)15-23(32)28-11-5-13-34-20-7-4-6-19(14-20)25(27)30/h2-4,6-9,14,17,25H,5,10-13,15-16H2,1H3,(H,28,32)/t25-,27+/m0/s1. The van der Waals surface area contributed by atoms with Gasteiger partial charge in [0.25, 0.3) is 0 Å². The maximum Gasteiger partial charge on any atom is 0.240 e. The number of carbonyl (C=O) groups is 2. The van der Waals surface area contributed by atoms with Gasteiger partial charge in [0.1, 0.15) is 17.3 Å². The molecule has 8 heteroatoms. The molecule has 4 heterocycles. The fourth-order valence-electron chi connectivity index (χ4n) is 5.89. The predicted octanol–water partition coefficient (Wildman–Crippen LogP) is 3.58. The van der Waals surface area contributed by atoms with Crippen LogP contribution in [0.3, 0.4) is 0 Å². The van der Waals surface area contributed by atoms with Crippen LogP contribution in [0.2, 0.25) is 0 Å². The quantitative estimate of drug-likeness (QED) is 0.597. The number of fused-ring (bicyclic) bond motifs is 6. The van der Waals surface area contributed by atoms with E-state index in [2.05, 4.69) is 33.8 Å². The molecule has 1 aromatic heterocycles. The summed E-state index contributed by atoms with van der Waals surface area (Å²) < 4.78 is 6.03. The Labute approximate surface area is 208 Å². The third-order valence-electron chi connectivity index (χ3n) is 7.32. The first-order valence-corrected chi connectivity index (χ1v) is 13.0. The minimum atomic E-state index is -0.772. The van der Waals surface area contributed by atoms with Gasteiger partial charge in [0, 0.05) is 29.9 Å². The first-order chi connectivity index (χ1) is 17.1. The summed E-state index contributed by atoms with van der Waals surface area (Å²) in [6.07, 6.45) is 1.38. The third-order valence-corrected chi connectivity index (χ3v) is 8.27. The van der Waals surface area contributed by atoms with E-state index in [4.69, 9.17) is 9.72 Å². The highest BCUT2D eigenvalue weighted by molar-refractivity contribution is 7.09. The van der Waals surface area contributed by atoms with E-state index >= 15 is 0 Å². The number of thiazole rings is 1. The Balaban J connectivity index is 1.52. The number of carbonyl (C=O) groups excluding carboxylic acids is 2. The molecule has 35 heavy (non-hydrogen) atoms. The van der Waals surface area contributed by atoms with E-state index in [-0.39, 0.29) is 24.4 Å². The molecule has 3 aliphatic heterocycles. The van der Waals surface area contributed by atoms with Crippen molar-refractivity contribution in [3.63, 3.8) is 0 Å². The number of hydrogen-bond acceptors (Lipinski definition) is 6. The summed E-state index contributed by atoms with van der Waals surface area (Å²) in [5, 5.41) is 6.06. The largest absolute Gasteiger partial charge is 0.494 e. The van der Waals surface area contributed by atoms with E-state index < -0.39 is 5.41 Å². The van der Waals surface area contributed by atoms with Crippen molar-refractivity contribution < 1.29 is 14.3 Å². The Kier molecular flexibility index (Phi) is 5.57. The van der Waals surface area contributed by atoms with Crippen molar-refractivity contribution in [2.75, 3.05) is 31.1 Å². The molecule has 2 atom stereocenters. The number of anilines is 1. The fourth-order valence-corrected chi connectivity index (χ4v) is 6.69. The fraction of sp³-hybridized carbons (Fsp3) is 0.370. The van der Waals surface area contributed by atoms with E-state index in [1.54, 1.807) is 16.2 Å². The number of benzene rings is 2. The van der Waals surface area contributed by atoms with Gasteiger partial charge in [-0.05, 0) is 49.1 Å². The van der Waals surface area contributed by atoms with Crippen LogP contribution in [-0.2, 0) is 21.5 Å². The molecule has 180 valence electrons. The van der Waals surface area contributed by atoms with E-state index in [1.807, 2.05) is 37.3 Å². The molecule has 2 amide bonds. The molecule has 2 aromatic carbocycles. The molecule has 4 bridgehead atoms. The second kappa shape index (κ2) is 8.77. The molecular weight excluding hydrogens is 460 g/mol. The smallest absolute Gasteiger partial charge is 0.240 e. The molecular formula is C27H28N4O3S. The van der Waals surface area contributed by atoms with Crippen LogP contribution in [0.4, 0.5) is 5.69 Å². The van der Waals surface area contributed by atoms with Crippen molar-refractivity contribution in [1.29, 1.82) is 0 Å². The van der Waals surface area contributed by atoms with Gasteiger partial charge in [0.15, 0.2) is 0 Å². The zero-order valence-corrected chi connectivity index (χ0v) is 20.5. The number of hydrogen-bond donors (Lipinski definition) is 1. The van der Waals surface area contributed by atoms with Crippen LogP contribution < -0.4 is 15.0 Å². The van der Waals surface area contributed by atoms with Crippen molar-refractivity contribution in [2.45, 2.75) is 37.8 Å². The Morgan fingerprint density at radius 3 is 2.94 bits per heavy atom. The topological polar surface area (TPSA) is 74.8 Å². The number of nitrogens with one attached hydrogen (secondary N) is 1. The normalized spacial score (nSPS) is 24.4. The highest BCUT2D eigenvalue weighted by Gasteiger charge is 2.60. The van der Waals surface area contributed by atoms with Crippen LogP contribution in [0.1, 0.15) is 40.7 Å². The molecule has 6 rings (SSSR count). The second-order valence-corrected chi connectivity index (χ2v) is 10.5. The van der Waals surface area contributed by atoms with E-state index in [9.17, 15) is 9.59 Å². The molecule has 3 aromatic rings. The van der Waals surface area contributed by atoms with Gasteiger partial charge in [0.2, 0.25) is 11.8 Å². The van der Waals surface area contributed by atoms with Crippen LogP contribution in [-0.4, -0.2) is 47.9 Å². The summed E-state index contributed by atoms with van der Waals surface area (Å²) in [6.45, 7) is 4.49. The third kappa shape index (κ3) is 3.72. The zero-order chi connectivity index (χ0) is 24.0. The van der Waals surface area contributed by atoms with Crippen LogP contribution >= 0.6 is 11.3 Å². The molecule has 0 aliphatic carbocycles. The lowest BCUT2D eigenvalue weighted by Crippen LogP contribution is -2.47. The van der Waals surface area contributed by atoms with Crippen LogP contribution in [0.5, 0.6) is 5.75 Å². The second-order valence-electron chi connectivity index (χ2n) is 9.51. The summed E-state index contributed by atoms with van der Waals surface area (Å²) in [4.78, 5) is 35.9. The van der Waals surface area contributed by atoms with E-state index in [0.29, 0.717) is 32.5 Å². The van der Waals surface area contributed by atoms with Gasteiger partial charge in [-0.15, -0.1) is 11.3 Å². The van der Waals surface area contributed by atoms with Crippen molar-refractivity contribution in [2.24, 2.45) is 0 Å². The lowest BCUT2D eigenvalue weighted by molar-refractivity contribution is -0.127. The molecule has 0 radical (unpaired) electrons. The maximum absolute atomic E-state index is 14.4. The Morgan fingerprint density at radius 1 is 1.20 bits per heavy atom. The number of ether oxygens (including phenoxy) is 1. The number of amides is 2. The molecule has 3 aliphatic rings. The summed E-state index contributed by atoms with van der Waals surface area (Å²) >= 11 is 1.66. The number of para-hydroxylation sites is 1. The van der Waals surface area contributed by atoms with Gasteiger partial charge in [-0.3, -0.25) is 14.5 Å². The Hall–Kier alpha value is -3.23. The van der Waals surface area contributed by atoms with Gasteiger partial charge >= 0.3 is 0 Å². The summed E-state index contributed by atoms with van der Waals surface area (Å²) in [7, 11) is 0. The van der Waals surface area contributed by atoms with Gasteiger partial charge < -0.3 is 15.0 Å². The van der Waals surface area contributed by atoms with Crippen molar-refractivity contribution in [1.82, 2.24) is 15.2 Å². The van der Waals surface area contributed by atoms with Gasteiger partial charge in [0.05, 0.1) is 24.6 Å². The monoisotopic (exact) mass is 488 g/mol. The predicted molar refractivity (Wildman–Crippen MR) is 135 cm³/mol. The molecule has 1 fully saturated rings. The summed E-state index contributed by atoms with van der Waals surface area (Å²) in [5.74, 6) is 0.638. The van der Waals surface area contributed by atoms with Gasteiger partial charge in [-0.1, -0.05) is 30.3 Å². The molecule has 0 unspecified atom stereocenters. The highest BCUT2D eigenvalue weighted by atomic mass is 32.1. The number of likely N-dealkylation sites (tertiary alicyclic amines) is 1. The first-order valence-electron chi connectivity index (χ1n) is 12.1. The average Bonchev–Trinajstić information content (AvgIpc) is 3.51. The maximum atomic E-state index is 14.4. The molecule has 7 nitrogen and oxygen atoms in total. The molecule has 0 saturated carbocycles. The number of rotatable bonds is 2. The van der Waals surface area contributed by atoms with Gasteiger partial charge in [-0.25, -0.2) is 4.98 Å². The highest BCUT2D eigenvalue weighted by Crippen LogP contribution is 2.57. The van der Waals surface area contributed by atoms with Crippen molar-refractivity contribution in [3.05, 3.63) is 75.7 Å². The average molecular weight is 489 g/mol. The minimum Gasteiger partial charge on any atom is -0.494 e. The lowest BCUT2D eigenvalue weighted by Gasteiger charge is -2.35. The zero-order valence-electron chi connectivity index (χ0n) is 19.7. The van der Waals surface area contributed by atoms with Crippen LogP contribution in [0.25, 0.3) is 0 Å². The molecule has 1 N–H and O–H groups in total. The molecule has 1 spiro atoms. The number of nitrogens with zero attached hydrogens (tertiary/aromatic N) is 3. The SMILES string of the molecule is Cc1csc(CN2CC[C@]34C(=O)N(CC(=O)NCCCOc5cccc(c5)[C@H]23)c2ccccc24)n1. The minimum absolute atomic E-state index is 0.0000465. The lowest BCUT2D eigenvalue weighted by atomic mass is 9.72. The van der Waals surface area contributed by atoms with Crippen molar-refractivity contribution in [3.8, 4) is 5.75 Å². The Morgan fingerprint density at radius 2 is 2.09 bits per heavy atom. The van der Waals surface area contributed by atoms with Crippen molar-refractivity contribution >= 4 is 28.8 Å². The van der Waals surface area contributed by atoms with E-state index in [0.717, 1.165) is 39.8 Å². The van der Waals surface area contributed by atoms with Crippen LogP contribution in [0, 0.1) is 6.92 Å². The van der Waals surface area contributed by atoms with Gasteiger partial charge in [-0.2, -0.15) is 0 Å². The first kappa shape index (κ1) is 22.2. The summed E-state index contributed by atoms with van der Waals surface area (Å²) in [5.41, 5.74) is 3.14. The van der Waals surface area contributed by atoms with Crippen LogP contribution in [0.15, 0.2) is 53.9 Å². The van der Waals surface area contributed by atoms with E-state index in [1.165, 1.54) is 0 Å². The Bertz CT molecular complexity index is 1290. The number of aryl methyl sites for hydroxylation is 1. The number of aromatic nitrogens is 1.